The lowest BCUT2D eigenvalue weighted by molar-refractivity contribution is -0.142. The van der Waals surface area contributed by atoms with Gasteiger partial charge in [0.1, 0.15) is 0 Å². The molecule has 7 heteroatoms. The second-order valence-electron chi connectivity index (χ2n) is 7.75. The van der Waals surface area contributed by atoms with Crippen LogP contribution in [-0.2, 0) is 9.59 Å². The Kier molecular flexibility index (Phi) is 5.68. The number of nitrogens with zero attached hydrogens (tertiary/aromatic N) is 2. The van der Waals surface area contributed by atoms with Crippen LogP contribution in [0.4, 0.5) is 10.5 Å². The van der Waals surface area contributed by atoms with E-state index in [1.54, 1.807) is 9.80 Å². The van der Waals surface area contributed by atoms with Crippen molar-refractivity contribution in [3.8, 4) is 0 Å². The van der Waals surface area contributed by atoms with E-state index < -0.39 is 11.9 Å². The Bertz CT molecular complexity index is 736. The Morgan fingerprint density at radius 1 is 1.15 bits per heavy atom. The lowest BCUT2D eigenvalue weighted by Crippen LogP contribution is -2.47. The van der Waals surface area contributed by atoms with Crippen LogP contribution in [0.2, 0.25) is 0 Å². The molecule has 3 rings (SSSR count). The predicted molar refractivity (Wildman–Crippen MR) is 101 cm³/mol. The molecular formula is C20H27N3O4. The molecule has 2 N–H and O–H groups in total. The summed E-state index contributed by atoms with van der Waals surface area (Å²) in [7, 11) is 0. The molecule has 3 amide bonds. The first kappa shape index (κ1) is 19.2. The van der Waals surface area contributed by atoms with Crippen molar-refractivity contribution in [1.82, 2.24) is 9.80 Å². The molecule has 2 saturated heterocycles. The molecule has 0 radical (unpaired) electrons. The van der Waals surface area contributed by atoms with Gasteiger partial charge in [0.2, 0.25) is 5.91 Å². The number of carboxylic acids is 1. The number of carbonyl (C=O) groups excluding carboxylic acids is 2. The van der Waals surface area contributed by atoms with E-state index in [1.807, 2.05) is 38.1 Å². The van der Waals surface area contributed by atoms with E-state index >= 15 is 0 Å². The van der Waals surface area contributed by atoms with Crippen molar-refractivity contribution in [2.75, 3.05) is 31.5 Å². The third kappa shape index (κ3) is 4.40. The van der Waals surface area contributed by atoms with Gasteiger partial charge in [-0.05, 0) is 43.4 Å². The number of nitrogens with one attached hydrogen (secondary N) is 1. The summed E-state index contributed by atoms with van der Waals surface area (Å²) in [6, 6.07) is 7.40. The molecule has 0 saturated carbocycles. The van der Waals surface area contributed by atoms with Crippen LogP contribution in [-0.4, -0.2) is 59.0 Å². The van der Waals surface area contributed by atoms with Gasteiger partial charge in [-0.25, -0.2) is 4.79 Å². The maximum Gasteiger partial charge on any atom is 0.321 e. The monoisotopic (exact) mass is 373 g/mol. The highest BCUT2D eigenvalue weighted by Crippen LogP contribution is 2.27. The molecule has 1 aromatic carbocycles. The fraction of sp³-hybridized carbons (Fsp3) is 0.550. The van der Waals surface area contributed by atoms with Crippen LogP contribution in [0, 0.1) is 24.7 Å². The van der Waals surface area contributed by atoms with Crippen molar-refractivity contribution in [2.45, 2.75) is 26.7 Å². The number of likely N-dealkylation sites (tertiary alicyclic amines) is 2. The molecule has 27 heavy (non-hydrogen) atoms. The fourth-order valence-electron chi connectivity index (χ4n) is 4.01. The van der Waals surface area contributed by atoms with Crippen molar-refractivity contribution >= 4 is 23.6 Å². The second kappa shape index (κ2) is 7.98. The molecule has 3 atom stereocenters. The number of hydrogen-bond donors (Lipinski definition) is 2. The Morgan fingerprint density at radius 2 is 1.93 bits per heavy atom. The Balaban J connectivity index is 1.59. The van der Waals surface area contributed by atoms with Gasteiger partial charge >= 0.3 is 12.0 Å². The van der Waals surface area contributed by atoms with Crippen molar-refractivity contribution in [2.24, 2.45) is 17.8 Å². The number of hydrogen-bond acceptors (Lipinski definition) is 3. The molecule has 2 fully saturated rings. The van der Waals surface area contributed by atoms with Gasteiger partial charge in [-0.2, -0.15) is 0 Å². The highest BCUT2D eigenvalue weighted by atomic mass is 16.4. The smallest absolute Gasteiger partial charge is 0.321 e. The zero-order valence-corrected chi connectivity index (χ0v) is 15.9. The maximum atomic E-state index is 12.9. The Labute approximate surface area is 159 Å². The van der Waals surface area contributed by atoms with E-state index in [4.69, 9.17) is 0 Å². The number of piperidine rings is 1. The zero-order valence-electron chi connectivity index (χ0n) is 15.9. The highest BCUT2D eigenvalue weighted by molar-refractivity contribution is 5.90. The molecule has 0 aromatic heterocycles. The summed E-state index contributed by atoms with van der Waals surface area (Å²) in [5.41, 5.74) is 1.81. The van der Waals surface area contributed by atoms with Crippen molar-refractivity contribution < 1.29 is 19.5 Å². The van der Waals surface area contributed by atoms with Crippen LogP contribution >= 0.6 is 0 Å². The van der Waals surface area contributed by atoms with Gasteiger partial charge in [0.05, 0.1) is 11.8 Å². The topological polar surface area (TPSA) is 90.0 Å². The molecule has 7 nitrogen and oxygen atoms in total. The summed E-state index contributed by atoms with van der Waals surface area (Å²) in [4.78, 5) is 40.1. The number of urea groups is 1. The van der Waals surface area contributed by atoms with Crippen molar-refractivity contribution in [3.63, 3.8) is 0 Å². The molecule has 2 aliphatic heterocycles. The normalized spacial score (nSPS) is 25.3. The highest BCUT2D eigenvalue weighted by Gasteiger charge is 2.40. The SMILES string of the molecule is Cc1cccc(NC(=O)N2CCCC(C(=O)N3C[C@@H](C)[C@H](C(=O)O)C3)C2)c1. The van der Waals surface area contributed by atoms with Gasteiger partial charge in [-0.15, -0.1) is 0 Å². The third-order valence-electron chi connectivity index (χ3n) is 5.57. The second-order valence-corrected chi connectivity index (χ2v) is 7.75. The average molecular weight is 373 g/mol. The average Bonchev–Trinajstić information content (AvgIpc) is 3.03. The first-order valence-corrected chi connectivity index (χ1v) is 9.49. The minimum atomic E-state index is -0.847. The Hall–Kier alpha value is -2.57. The van der Waals surface area contributed by atoms with Gasteiger partial charge < -0.3 is 20.2 Å². The van der Waals surface area contributed by atoms with Crippen LogP contribution in [0.1, 0.15) is 25.3 Å². The molecule has 1 unspecified atom stereocenters. The van der Waals surface area contributed by atoms with Crippen molar-refractivity contribution in [3.05, 3.63) is 29.8 Å². The summed E-state index contributed by atoms with van der Waals surface area (Å²) in [5, 5.41) is 12.2. The number of rotatable bonds is 3. The van der Waals surface area contributed by atoms with E-state index in [2.05, 4.69) is 5.32 Å². The van der Waals surface area contributed by atoms with Crippen molar-refractivity contribution in [1.29, 1.82) is 0 Å². The van der Waals surface area contributed by atoms with E-state index in [0.717, 1.165) is 24.1 Å². The van der Waals surface area contributed by atoms with Crippen LogP contribution in [0.25, 0.3) is 0 Å². The van der Waals surface area contributed by atoms with E-state index in [9.17, 15) is 19.5 Å². The molecule has 2 heterocycles. The quantitative estimate of drug-likeness (QED) is 0.851. The van der Waals surface area contributed by atoms with Crippen LogP contribution in [0.3, 0.4) is 0 Å². The molecule has 0 spiro atoms. The fourth-order valence-corrected chi connectivity index (χ4v) is 4.01. The number of amides is 3. The van der Waals surface area contributed by atoms with E-state index in [1.165, 1.54) is 0 Å². The van der Waals surface area contributed by atoms with Gasteiger partial charge in [0.25, 0.3) is 0 Å². The van der Waals surface area contributed by atoms with Gasteiger partial charge in [0, 0.05) is 31.9 Å². The van der Waals surface area contributed by atoms with Crippen LogP contribution in [0.15, 0.2) is 24.3 Å². The summed E-state index contributed by atoms with van der Waals surface area (Å²) in [6.07, 6.45) is 1.50. The predicted octanol–water partition coefficient (Wildman–Crippen LogP) is 2.42. The minimum absolute atomic E-state index is 0.0290. The van der Waals surface area contributed by atoms with Crippen LogP contribution in [0.5, 0.6) is 0 Å². The number of aryl methyl sites for hydroxylation is 1. The molecule has 1 aromatic rings. The number of carboxylic acid groups (broad SMARTS) is 1. The molecule has 0 bridgehead atoms. The molecular weight excluding hydrogens is 346 g/mol. The first-order valence-electron chi connectivity index (χ1n) is 9.49. The Morgan fingerprint density at radius 3 is 2.59 bits per heavy atom. The molecule has 146 valence electrons. The first-order chi connectivity index (χ1) is 12.8. The number of anilines is 1. The van der Waals surface area contributed by atoms with Crippen LogP contribution < -0.4 is 5.32 Å². The minimum Gasteiger partial charge on any atom is -0.481 e. The standard InChI is InChI=1S/C20H27N3O4/c1-13-5-3-7-16(9-13)21-20(27)22-8-4-6-15(11-22)18(24)23-10-14(2)17(12-23)19(25)26/h3,5,7,9,14-15,17H,4,6,8,10-12H2,1-2H3,(H,21,27)(H,25,26)/t14-,15?,17-/m1/s1. The van der Waals surface area contributed by atoms with E-state index in [0.29, 0.717) is 19.6 Å². The van der Waals surface area contributed by atoms with Gasteiger partial charge in [0.15, 0.2) is 0 Å². The summed E-state index contributed by atoms with van der Waals surface area (Å²) in [6.45, 7) is 5.57. The van der Waals surface area contributed by atoms with Gasteiger partial charge in [-0.3, -0.25) is 9.59 Å². The zero-order chi connectivity index (χ0) is 19.6. The molecule has 0 aliphatic carbocycles. The largest absolute Gasteiger partial charge is 0.481 e. The number of benzene rings is 1. The summed E-state index contributed by atoms with van der Waals surface area (Å²) in [5.74, 6) is -1.69. The van der Waals surface area contributed by atoms with Gasteiger partial charge in [-0.1, -0.05) is 19.1 Å². The number of carbonyl (C=O) groups is 3. The summed E-state index contributed by atoms with van der Waals surface area (Å²) < 4.78 is 0. The lowest BCUT2D eigenvalue weighted by Gasteiger charge is -2.34. The third-order valence-corrected chi connectivity index (χ3v) is 5.57. The molecule has 2 aliphatic rings. The summed E-state index contributed by atoms with van der Waals surface area (Å²) >= 11 is 0. The van der Waals surface area contributed by atoms with E-state index in [-0.39, 0.29) is 30.3 Å². The maximum absolute atomic E-state index is 12.9. The number of aliphatic carboxylic acids is 1. The lowest BCUT2D eigenvalue weighted by atomic mass is 9.97.